The second kappa shape index (κ2) is 13.0. The molecule has 3 nitrogen and oxygen atoms in total. The molecule has 7 aromatic carbocycles. The number of allylic oxidation sites excluding steroid dienone is 2. The smallest absolute Gasteiger partial charge is 0.0991 e. The molecule has 0 saturated heterocycles. The van der Waals surface area contributed by atoms with Gasteiger partial charge in [-0.25, -0.2) is 0 Å². The summed E-state index contributed by atoms with van der Waals surface area (Å²) in [7, 11) is 0. The molecule has 0 amide bonds. The Kier molecular flexibility index (Phi) is 7.89. The molecule has 9 aromatic rings. The molecule has 0 bridgehead atoms. The van der Waals surface area contributed by atoms with Gasteiger partial charge in [0.05, 0.1) is 33.7 Å². The standard InChI is InChI=1S/C43H27N3.C4H6/c44-28-29-17-19-30(20-18-29)31-9-8-12-35(25-31)46-41-16-7-5-14-37(41)39-27-33(22-24-43(39)46)32-21-23-42-38(26-32)36-13-4-6-15-40(36)45(42)34-10-2-1-3-11-34;1-3-4-2/h1-27H;3-4H,1-2H2. The molecule has 236 valence electrons. The highest BCUT2D eigenvalue weighted by molar-refractivity contribution is 6.12. The van der Waals surface area contributed by atoms with Crippen LogP contribution in [0, 0.1) is 11.3 Å². The third-order valence-electron chi connectivity index (χ3n) is 9.31. The number of hydrogen-bond acceptors (Lipinski definition) is 1. The molecule has 0 N–H and O–H groups in total. The molecule has 50 heavy (non-hydrogen) atoms. The Morgan fingerprint density at radius 2 is 0.860 bits per heavy atom. The Morgan fingerprint density at radius 3 is 1.42 bits per heavy atom. The fourth-order valence-corrected chi connectivity index (χ4v) is 7.00. The number of rotatable bonds is 5. The maximum atomic E-state index is 9.24. The summed E-state index contributed by atoms with van der Waals surface area (Å²) in [5.74, 6) is 0. The monoisotopic (exact) mass is 639 g/mol. The van der Waals surface area contributed by atoms with Gasteiger partial charge in [0.2, 0.25) is 0 Å². The van der Waals surface area contributed by atoms with Crippen LogP contribution >= 0.6 is 0 Å². The summed E-state index contributed by atoms with van der Waals surface area (Å²) < 4.78 is 4.72. The van der Waals surface area contributed by atoms with Crippen LogP contribution in [0.5, 0.6) is 0 Å². The minimum atomic E-state index is 0.666. The van der Waals surface area contributed by atoms with Crippen molar-refractivity contribution in [2.45, 2.75) is 0 Å². The first-order valence-corrected chi connectivity index (χ1v) is 16.6. The van der Waals surface area contributed by atoms with Crippen LogP contribution in [0.1, 0.15) is 5.56 Å². The molecule has 0 aliphatic heterocycles. The van der Waals surface area contributed by atoms with Crippen molar-refractivity contribution in [2.24, 2.45) is 0 Å². The summed E-state index contributed by atoms with van der Waals surface area (Å²) in [6.45, 7) is 6.72. The van der Waals surface area contributed by atoms with Crippen molar-refractivity contribution >= 4 is 43.6 Å². The van der Waals surface area contributed by atoms with Gasteiger partial charge in [0, 0.05) is 32.9 Å². The van der Waals surface area contributed by atoms with E-state index in [0.29, 0.717) is 5.56 Å². The Labute approximate surface area is 291 Å². The van der Waals surface area contributed by atoms with E-state index >= 15 is 0 Å². The summed E-state index contributed by atoms with van der Waals surface area (Å²) in [6.07, 6.45) is 3.28. The first-order chi connectivity index (χ1) is 24.7. The zero-order valence-electron chi connectivity index (χ0n) is 27.5. The molecule has 0 spiro atoms. The van der Waals surface area contributed by atoms with Gasteiger partial charge in [0.15, 0.2) is 0 Å². The van der Waals surface area contributed by atoms with E-state index in [0.717, 1.165) is 16.8 Å². The lowest BCUT2D eigenvalue weighted by Crippen LogP contribution is -1.94. The van der Waals surface area contributed by atoms with Crippen molar-refractivity contribution in [3.63, 3.8) is 0 Å². The molecule has 0 unspecified atom stereocenters. The molecular formula is C47H33N3. The fourth-order valence-electron chi connectivity index (χ4n) is 7.00. The Balaban J connectivity index is 0.000000859. The third kappa shape index (κ3) is 5.26. The van der Waals surface area contributed by atoms with Crippen LogP contribution < -0.4 is 0 Å². The van der Waals surface area contributed by atoms with Gasteiger partial charge in [-0.05, 0) is 95.1 Å². The van der Waals surface area contributed by atoms with Gasteiger partial charge in [-0.1, -0.05) is 116 Å². The van der Waals surface area contributed by atoms with Gasteiger partial charge in [-0.3, -0.25) is 0 Å². The van der Waals surface area contributed by atoms with E-state index < -0.39 is 0 Å². The van der Waals surface area contributed by atoms with Crippen LogP contribution in [0.3, 0.4) is 0 Å². The molecule has 2 heterocycles. The number of nitrogens with zero attached hydrogens (tertiary/aromatic N) is 3. The van der Waals surface area contributed by atoms with Crippen molar-refractivity contribution in [1.82, 2.24) is 9.13 Å². The van der Waals surface area contributed by atoms with Gasteiger partial charge in [0.25, 0.3) is 0 Å². The number of hydrogen-bond donors (Lipinski definition) is 0. The second-order valence-electron chi connectivity index (χ2n) is 12.2. The predicted molar refractivity (Wildman–Crippen MR) is 211 cm³/mol. The van der Waals surface area contributed by atoms with E-state index in [1.54, 1.807) is 12.2 Å². The molecule has 0 aliphatic rings. The topological polar surface area (TPSA) is 33.6 Å². The molecule has 3 heteroatoms. The van der Waals surface area contributed by atoms with Gasteiger partial charge in [-0.2, -0.15) is 5.26 Å². The van der Waals surface area contributed by atoms with Crippen LogP contribution in [0.25, 0.3) is 77.2 Å². The first kappa shape index (κ1) is 30.4. The Hall–Kier alpha value is -6.89. The maximum Gasteiger partial charge on any atom is 0.0991 e. The molecular weight excluding hydrogens is 607 g/mol. The minimum absolute atomic E-state index is 0.666. The number of aromatic nitrogens is 2. The van der Waals surface area contributed by atoms with E-state index in [4.69, 9.17) is 0 Å². The van der Waals surface area contributed by atoms with Crippen LogP contribution in [-0.2, 0) is 0 Å². The number of para-hydroxylation sites is 3. The van der Waals surface area contributed by atoms with Crippen LogP contribution in [0.15, 0.2) is 189 Å². The average molecular weight is 640 g/mol. The van der Waals surface area contributed by atoms with Crippen molar-refractivity contribution in [2.75, 3.05) is 0 Å². The SMILES string of the molecule is C=CC=C.N#Cc1ccc(-c2cccc(-n3c4ccccc4c4cc(-c5ccc6c(c5)c5ccccc5n6-c5ccccc5)ccc43)c2)cc1. The zero-order chi connectivity index (χ0) is 34.0. The molecule has 9 rings (SSSR count). The molecule has 0 atom stereocenters. The molecule has 0 radical (unpaired) electrons. The highest BCUT2D eigenvalue weighted by Crippen LogP contribution is 2.38. The van der Waals surface area contributed by atoms with Gasteiger partial charge >= 0.3 is 0 Å². The molecule has 0 aliphatic carbocycles. The second-order valence-corrected chi connectivity index (χ2v) is 12.2. The quantitative estimate of drug-likeness (QED) is 0.173. The van der Waals surface area contributed by atoms with Crippen molar-refractivity contribution in [3.8, 4) is 39.7 Å². The summed E-state index contributed by atoms with van der Waals surface area (Å²) in [6, 6.07) is 60.3. The fraction of sp³-hybridized carbons (Fsp3) is 0. The summed E-state index contributed by atoms with van der Waals surface area (Å²) in [5, 5.41) is 14.2. The van der Waals surface area contributed by atoms with Gasteiger partial charge < -0.3 is 9.13 Å². The summed E-state index contributed by atoms with van der Waals surface area (Å²) >= 11 is 0. The van der Waals surface area contributed by atoms with Crippen LogP contribution in [0.2, 0.25) is 0 Å². The zero-order valence-corrected chi connectivity index (χ0v) is 27.5. The molecule has 2 aromatic heterocycles. The third-order valence-corrected chi connectivity index (χ3v) is 9.31. The van der Waals surface area contributed by atoms with E-state index in [9.17, 15) is 5.26 Å². The van der Waals surface area contributed by atoms with Crippen molar-refractivity contribution in [3.05, 3.63) is 195 Å². The normalized spacial score (nSPS) is 10.9. The van der Waals surface area contributed by atoms with E-state index in [-0.39, 0.29) is 0 Å². The number of nitriles is 1. The number of fused-ring (bicyclic) bond motifs is 6. The van der Waals surface area contributed by atoms with E-state index in [1.807, 2.05) is 24.3 Å². The van der Waals surface area contributed by atoms with Crippen molar-refractivity contribution < 1.29 is 0 Å². The van der Waals surface area contributed by atoms with E-state index in [2.05, 4.69) is 168 Å². The summed E-state index contributed by atoms with van der Waals surface area (Å²) in [5.41, 5.74) is 12.3. The molecule has 0 saturated carbocycles. The lowest BCUT2D eigenvalue weighted by molar-refractivity contribution is 1.18. The molecule has 0 fully saturated rings. The largest absolute Gasteiger partial charge is 0.309 e. The van der Waals surface area contributed by atoms with E-state index in [1.165, 1.54) is 60.4 Å². The van der Waals surface area contributed by atoms with Gasteiger partial charge in [-0.15, -0.1) is 0 Å². The Bertz CT molecular complexity index is 2730. The lowest BCUT2D eigenvalue weighted by atomic mass is 10.0. The highest BCUT2D eigenvalue weighted by Gasteiger charge is 2.16. The highest BCUT2D eigenvalue weighted by atomic mass is 15.0. The van der Waals surface area contributed by atoms with Crippen molar-refractivity contribution in [1.29, 1.82) is 5.26 Å². The van der Waals surface area contributed by atoms with Crippen LogP contribution in [-0.4, -0.2) is 9.13 Å². The van der Waals surface area contributed by atoms with Gasteiger partial charge in [0.1, 0.15) is 0 Å². The first-order valence-electron chi connectivity index (χ1n) is 16.6. The van der Waals surface area contributed by atoms with Crippen LogP contribution in [0.4, 0.5) is 0 Å². The lowest BCUT2D eigenvalue weighted by Gasteiger charge is -2.11. The average Bonchev–Trinajstić information content (AvgIpc) is 3.70. The Morgan fingerprint density at radius 1 is 0.400 bits per heavy atom. The maximum absolute atomic E-state index is 9.24. The minimum Gasteiger partial charge on any atom is -0.309 e. The number of benzene rings is 7. The predicted octanol–water partition coefficient (Wildman–Crippen LogP) is 12.4. The summed E-state index contributed by atoms with van der Waals surface area (Å²) in [4.78, 5) is 0.